The molecule has 1 fully saturated rings. The second kappa shape index (κ2) is 4.42. The van der Waals surface area contributed by atoms with E-state index in [1.54, 1.807) is 11.7 Å². The molecule has 0 amide bonds. The van der Waals surface area contributed by atoms with E-state index in [0.717, 1.165) is 22.7 Å². The smallest absolute Gasteiger partial charge is 0.399 e. The Labute approximate surface area is 124 Å². The average Bonchev–Trinajstić information content (AvgIpc) is 2.81. The lowest BCUT2D eigenvalue weighted by Crippen LogP contribution is -2.41. The van der Waals surface area contributed by atoms with E-state index in [4.69, 9.17) is 9.31 Å². The number of hydrogen-bond donors (Lipinski definition) is 0. The Kier molecular flexibility index (Phi) is 3.01. The van der Waals surface area contributed by atoms with Crippen LogP contribution in [0.25, 0.3) is 10.9 Å². The fraction of sp³-hybridized carbons (Fsp3) is 0.467. The molecule has 0 bridgehead atoms. The minimum atomic E-state index is -0.431. The summed E-state index contributed by atoms with van der Waals surface area (Å²) in [4.78, 5) is 11.2. The van der Waals surface area contributed by atoms with Crippen LogP contribution >= 0.6 is 0 Å². The maximum Gasteiger partial charge on any atom is 0.494 e. The molecule has 1 aliphatic rings. The van der Waals surface area contributed by atoms with Crippen molar-refractivity contribution < 1.29 is 14.1 Å². The molecule has 2 heterocycles. The zero-order valence-corrected chi connectivity index (χ0v) is 13.0. The highest BCUT2D eigenvalue weighted by molar-refractivity contribution is 6.62. The highest BCUT2D eigenvalue weighted by Crippen LogP contribution is 2.36. The van der Waals surface area contributed by atoms with Gasteiger partial charge in [-0.2, -0.15) is 5.10 Å². The molecule has 2 aromatic rings. The van der Waals surface area contributed by atoms with Crippen LogP contribution in [0, 0.1) is 0 Å². The predicted octanol–water partition coefficient (Wildman–Crippen LogP) is 1.68. The Morgan fingerprint density at radius 3 is 2.38 bits per heavy atom. The van der Waals surface area contributed by atoms with E-state index in [0.29, 0.717) is 5.69 Å². The second-order valence-electron chi connectivity index (χ2n) is 6.49. The van der Waals surface area contributed by atoms with Gasteiger partial charge in [0.1, 0.15) is 5.69 Å². The van der Waals surface area contributed by atoms with Gasteiger partial charge in [0, 0.05) is 12.4 Å². The normalized spacial score (nSPS) is 20.1. The summed E-state index contributed by atoms with van der Waals surface area (Å²) in [6.07, 6.45) is 0.823. The summed E-state index contributed by atoms with van der Waals surface area (Å²) in [5, 5.41) is 5.13. The molecule has 1 aromatic heterocycles. The SMILES string of the molecule is Cn1nc2ccc(B3OC(C)(C)C(C)(C)O3)cc2c1C=O. The fourth-order valence-corrected chi connectivity index (χ4v) is 2.50. The molecule has 0 spiro atoms. The summed E-state index contributed by atoms with van der Waals surface area (Å²) >= 11 is 0. The number of hydrogen-bond acceptors (Lipinski definition) is 4. The van der Waals surface area contributed by atoms with Crippen molar-refractivity contribution in [3.63, 3.8) is 0 Å². The summed E-state index contributed by atoms with van der Waals surface area (Å²) in [5.41, 5.74) is 1.49. The van der Waals surface area contributed by atoms with Crippen molar-refractivity contribution in [2.45, 2.75) is 38.9 Å². The molecule has 0 radical (unpaired) electrons. The Hall–Kier alpha value is -1.66. The third-order valence-corrected chi connectivity index (χ3v) is 4.54. The van der Waals surface area contributed by atoms with Crippen LogP contribution in [-0.2, 0) is 16.4 Å². The first-order valence-electron chi connectivity index (χ1n) is 7.03. The molecule has 21 heavy (non-hydrogen) atoms. The average molecular weight is 286 g/mol. The van der Waals surface area contributed by atoms with Gasteiger partial charge in [-0.25, -0.2) is 0 Å². The van der Waals surface area contributed by atoms with E-state index in [1.807, 2.05) is 45.9 Å². The molecular formula is C15H19BN2O3. The van der Waals surface area contributed by atoms with Gasteiger partial charge < -0.3 is 9.31 Å². The number of carbonyl (C=O) groups is 1. The van der Waals surface area contributed by atoms with Gasteiger partial charge in [-0.15, -0.1) is 0 Å². The summed E-state index contributed by atoms with van der Waals surface area (Å²) in [5.74, 6) is 0. The first-order valence-corrected chi connectivity index (χ1v) is 7.03. The molecule has 1 aromatic carbocycles. The molecule has 6 heteroatoms. The number of benzene rings is 1. The molecule has 0 unspecified atom stereocenters. The number of carbonyl (C=O) groups excluding carboxylic acids is 1. The molecule has 0 atom stereocenters. The van der Waals surface area contributed by atoms with Crippen LogP contribution in [0.5, 0.6) is 0 Å². The van der Waals surface area contributed by atoms with Crippen LogP contribution in [0.4, 0.5) is 0 Å². The zero-order chi connectivity index (χ0) is 15.4. The maximum atomic E-state index is 11.2. The van der Waals surface area contributed by atoms with E-state index in [-0.39, 0.29) is 11.2 Å². The standard InChI is InChI=1S/C15H19BN2O3/c1-14(2)15(3,4)21-16(20-14)10-6-7-12-11(8-10)13(9-19)18(5)17-12/h6-9H,1-5H3. The number of nitrogens with zero attached hydrogens (tertiary/aromatic N) is 2. The van der Waals surface area contributed by atoms with Crippen molar-refractivity contribution in [2.24, 2.45) is 7.05 Å². The van der Waals surface area contributed by atoms with Crippen LogP contribution in [0.15, 0.2) is 18.2 Å². The quantitative estimate of drug-likeness (QED) is 0.622. The zero-order valence-electron chi connectivity index (χ0n) is 13.0. The van der Waals surface area contributed by atoms with Crippen LogP contribution in [0.1, 0.15) is 38.2 Å². The lowest BCUT2D eigenvalue weighted by Gasteiger charge is -2.32. The van der Waals surface area contributed by atoms with Crippen molar-refractivity contribution in [1.29, 1.82) is 0 Å². The van der Waals surface area contributed by atoms with Crippen molar-refractivity contribution in [2.75, 3.05) is 0 Å². The van der Waals surface area contributed by atoms with E-state index < -0.39 is 7.12 Å². The van der Waals surface area contributed by atoms with Gasteiger partial charge >= 0.3 is 7.12 Å². The third kappa shape index (κ3) is 2.10. The monoisotopic (exact) mass is 286 g/mol. The minimum absolute atomic E-state index is 0.380. The molecule has 3 rings (SSSR count). The molecule has 1 aliphatic heterocycles. The van der Waals surface area contributed by atoms with Crippen molar-refractivity contribution >= 4 is 29.8 Å². The number of aldehydes is 1. The Balaban J connectivity index is 2.05. The molecule has 0 aliphatic carbocycles. The van der Waals surface area contributed by atoms with Gasteiger partial charge in [-0.3, -0.25) is 9.48 Å². The summed E-state index contributed by atoms with van der Waals surface area (Å²) < 4.78 is 13.7. The minimum Gasteiger partial charge on any atom is -0.399 e. The van der Waals surface area contributed by atoms with Gasteiger partial charge in [0.25, 0.3) is 0 Å². The van der Waals surface area contributed by atoms with E-state index >= 15 is 0 Å². The molecule has 0 saturated carbocycles. The third-order valence-electron chi connectivity index (χ3n) is 4.54. The first kappa shape index (κ1) is 14.3. The summed E-state index contributed by atoms with van der Waals surface area (Å²) in [7, 11) is 1.33. The van der Waals surface area contributed by atoms with Crippen molar-refractivity contribution in [1.82, 2.24) is 9.78 Å². The van der Waals surface area contributed by atoms with Crippen molar-refractivity contribution in [3.8, 4) is 0 Å². The van der Waals surface area contributed by atoms with Crippen molar-refractivity contribution in [3.05, 3.63) is 23.9 Å². The highest BCUT2D eigenvalue weighted by atomic mass is 16.7. The van der Waals surface area contributed by atoms with Crippen LogP contribution in [0.2, 0.25) is 0 Å². The number of aryl methyl sites for hydroxylation is 1. The highest BCUT2D eigenvalue weighted by Gasteiger charge is 2.51. The van der Waals surface area contributed by atoms with E-state index in [2.05, 4.69) is 5.10 Å². The Morgan fingerprint density at radius 2 is 1.81 bits per heavy atom. The van der Waals surface area contributed by atoms with Crippen LogP contribution in [-0.4, -0.2) is 34.4 Å². The van der Waals surface area contributed by atoms with Gasteiger partial charge in [-0.05, 0) is 39.2 Å². The Bertz CT molecular complexity index is 705. The van der Waals surface area contributed by atoms with E-state index in [1.165, 1.54) is 0 Å². The van der Waals surface area contributed by atoms with Crippen LogP contribution < -0.4 is 5.46 Å². The summed E-state index contributed by atoms with van der Waals surface area (Å²) in [6.45, 7) is 8.08. The van der Waals surface area contributed by atoms with Gasteiger partial charge in [0.2, 0.25) is 0 Å². The number of fused-ring (bicyclic) bond motifs is 1. The largest absolute Gasteiger partial charge is 0.494 e. The lowest BCUT2D eigenvalue weighted by molar-refractivity contribution is 0.00578. The molecule has 0 N–H and O–H groups in total. The number of rotatable bonds is 2. The maximum absolute atomic E-state index is 11.2. The summed E-state index contributed by atoms with van der Waals surface area (Å²) in [6, 6.07) is 5.75. The molecule has 1 saturated heterocycles. The molecular weight excluding hydrogens is 267 g/mol. The van der Waals surface area contributed by atoms with Gasteiger partial charge in [-0.1, -0.05) is 12.1 Å². The topological polar surface area (TPSA) is 53.4 Å². The number of aromatic nitrogens is 2. The molecule has 5 nitrogen and oxygen atoms in total. The lowest BCUT2D eigenvalue weighted by atomic mass is 9.78. The van der Waals surface area contributed by atoms with Gasteiger partial charge in [0.15, 0.2) is 6.29 Å². The van der Waals surface area contributed by atoms with E-state index in [9.17, 15) is 4.79 Å². The second-order valence-corrected chi connectivity index (χ2v) is 6.49. The predicted molar refractivity (Wildman–Crippen MR) is 81.8 cm³/mol. The fourth-order valence-electron chi connectivity index (χ4n) is 2.50. The van der Waals surface area contributed by atoms with Gasteiger partial charge in [0.05, 0.1) is 16.7 Å². The first-order chi connectivity index (χ1) is 9.75. The van der Waals surface area contributed by atoms with Crippen LogP contribution in [0.3, 0.4) is 0 Å². The molecule has 110 valence electrons. The Morgan fingerprint density at radius 1 is 1.19 bits per heavy atom.